The fourth-order valence-electron chi connectivity index (χ4n) is 3.33. The van der Waals surface area contributed by atoms with Gasteiger partial charge in [-0.15, -0.1) is 0 Å². The summed E-state index contributed by atoms with van der Waals surface area (Å²) in [5.74, 6) is 1.08. The first-order chi connectivity index (χ1) is 17.5. The van der Waals surface area contributed by atoms with Crippen molar-refractivity contribution in [3.05, 3.63) is 110 Å². The number of nitrogens with two attached hydrogens (primary N) is 1. The Hall–Kier alpha value is -5.05. The topological polar surface area (TPSA) is 124 Å². The van der Waals surface area contributed by atoms with Gasteiger partial charge in [-0.05, 0) is 59.7 Å². The number of hydrogen-bond donors (Lipinski definition) is 1. The van der Waals surface area contributed by atoms with Crippen molar-refractivity contribution in [2.24, 2.45) is 0 Å². The molecule has 0 radical (unpaired) electrons. The molecule has 5 heterocycles. The Balaban J connectivity index is 0.000000169. The van der Waals surface area contributed by atoms with Gasteiger partial charge in [-0.2, -0.15) is 0 Å². The minimum absolute atomic E-state index is 0.139. The Kier molecular flexibility index (Phi) is 7.62. The molecule has 5 aromatic heterocycles. The van der Waals surface area contributed by atoms with Crippen molar-refractivity contribution in [2.45, 2.75) is 0 Å². The third kappa shape index (κ3) is 5.89. The van der Waals surface area contributed by atoms with Gasteiger partial charge in [-0.3, -0.25) is 14.8 Å². The molecular weight excluding hydrogens is 456 g/mol. The summed E-state index contributed by atoms with van der Waals surface area (Å²) in [5.41, 5.74) is 9.55. The number of furan rings is 2. The van der Waals surface area contributed by atoms with Crippen molar-refractivity contribution in [3.63, 3.8) is 0 Å². The van der Waals surface area contributed by atoms with Crippen LogP contribution in [0.2, 0.25) is 0 Å². The first kappa shape index (κ1) is 24.1. The molecule has 0 amide bonds. The number of anilines is 1. The largest absolute Gasteiger partial charge is 0.463 e. The van der Waals surface area contributed by atoms with Crippen molar-refractivity contribution < 1.29 is 13.6 Å². The maximum absolute atomic E-state index is 12.3. The van der Waals surface area contributed by atoms with Crippen LogP contribution < -0.4 is 5.73 Å². The second-order valence-corrected chi connectivity index (χ2v) is 7.75. The quantitative estimate of drug-likeness (QED) is 0.268. The third-order valence-corrected chi connectivity index (χ3v) is 4.92. The second-order valence-electron chi connectivity index (χ2n) is 7.75. The fraction of sp³-hybridized carbons (Fsp3) is 0.0741. The zero-order valence-corrected chi connectivity index (χ0v) is 19.8. The monoisotopic (exact) mass is 480 g/mol. The third-order valence-electron chi connectivity index (χ3n) is 4.92. The van der Waals surface area contributed by atoms with Crippen LogP contribution in [0.4, 0.5) is 5.95 Å². The van der Waals surface area contributed by atoms with Gasteiger partial charge in [0, 0.05) is 62.4 Å². The van der Waals surface area contributed by atoms with E-state index in [4.69, 9.17) is 14.6 Å². The number of pyridine rings is 2. The minimum Gasteiger partial charge on any atom is -0.463 e. The molecule has 9 heteroatoms. The number of nitrogen functional groups attached to an aromatic ring is 1. The first-order valence-electron chi connectivity index (χ1n) is 11.0. The van der Waals surface area contributed by atoms with Crippen LogP contribution in [0.5, 0.6) is 0 Å². The van der Waals surface area contributed by atoms with E-state index in [0.717, 1.165) is 16.7 Å². The zero-order chi connectivity index (χ0) is 25.3. The van der Waals surface area contributed by atoms with Crippen molar-refractivity contribution in [3.8, 4) is 22.6 Å². The average molecular weight is 481 g/mol. The van der Waals surface area contributed by atoms with Gasteiger partial charge < -0.3 is 19.5 Å². The first-order valence-corrected chi connectivity index (χ1v) is 11.0. The van der Waals surface area contributed by atoms with E-state index in [2.05, 4.69) is 19.9 Å². The van der Waals surface area contributed by atoms with Crippen molar-refractivity contribution >= 4 is 17.3 Å². The fourth-order valence-corrected chi connectivity index (χ4v) is 3.33. The standard InChI is InChI=1S/C14H14N2O2.C13H10N4O/c1-16(2)10-12(11-5-7-15-8-6-11)14(17)13-4-3-9-18-13;14-13-16-8-10(9-3-5-15-6-4-9)12(17-13)11-2-1-7-18-11/h3-10H,1-2H3;1-8H,(H2,14,16,17). The minimum atomic E-state index is -0.139. The highest BCUT2D eigenvalue weighted by Crippen LogP contribution is 2.30. The Morgan fingerprint density at radius 1 is 0.917 bits per heavy atom. The van der Waals surface area contributed by atoms with Gasteiger partial charge in [0.1, 0.15) is 5.69 Å². The Morgan fingerprint density at radius 2 is 1.58 bits per heavy atom. The summed E-state index contributed by atoms with van der Waals surface area (Å²) in [6, 6.07) is 14.4. The normalized spacial score (nSPS) is 10.9. The van der Waals surface area contributed by atoms with Crippen LogP contribution in [-0.2, 0) is 0 Å². The number of nitrogens with zero attached hydrogens (tertiary/aromatic N) is 5. The van der Waals surface area contributed by atoms with Crippen molar-refractivity contribution in [1.82, 2.24) is 24.8 Å². The van der Waals surface area contributed by atoms with Gasteiger partial charge in [0.15, 0.2) is 11.5 Å². The number of ketones is 1. The molecule has 0 fully saturated rings. The Morgan fingerprint density at radius 3 is 2.19 bits per heavy atom. The number of allylic oxidation sites excluding steroid dienone is 1. The van der Waals surface area contributed by atoms with Gasteiger partial charge in [0.25, 0.3) is 0 Å². The van der Waals surface area contributed by atoms with Gasteiger partial charge in [0.2, 0.25) is 11.7 Å². The van der Waals surface area contributed by atoms with Crippen molar-refractivity contribution in [2.75, 3.05) is 19.8 Å². The maximum Gasteiger partial charge on any atom is 0.230 e. The van der Waals surface area contributed by atoms with Gasteiger partial charge >= 0.3 is 0 Å². The molecule has 0 aliphatic rings. The van der Waals surface area contributed by atoms with Crippen LogP contribution in [0.25, 0.3) is 28.2 Å². The lowest BCUT2D eigenvalue weighted by atomic mass is 10.0. The van der Waals surface area contributed by atoms with Gasteiger partial charge in [-0.25, -0.2) is 9.97 Å². The van der Waals surface area contributed by atoms with Crippen LogP contribution in [0.3, 0.4) is 0 Å². The molecular formula is C27H24N6O3. The van der Waals surface area contributed by atoms with Crippen LogP contribution in [0, 0.1) is 0 Å². The zero-order valence-electron chi connectivity index (χ0n) is 19.8. The lowest BCUT2D eigenvalue weighted by Crippen LogP contribution is -2.08. The predicted octanol–water partition coefficient (Wildman–Crippen LogP) is 4.84. The van der Waals surface area contributed by atoms with E-state index in [0.29, 0.717) is 22.8 Å². The molecule has 0 aliphatic heterocycles. The van der Waals surface area contributed by atoms with Crippen LogP contribution in [0.1, 0.15) is 16.1 Å². The molecule has 0 bridgehead atoms. The number of hydrogen-bond acceptors (Lipinski definition) is 9. The summed E-state index contributed by atoms with van der Waals surface area (Å²) in [4.78, 5) is 30.4. The van der Waals surface area contributed by atoms with E-state index in [1.54, 1.807) is 67.7 Å². The Labute approximate surface area is 208 Å². The number of carbonyl (C=O) groups is 1. The molecule has 0 aliphatic carbocycles. The van der Waals surface area contributed by atoms with E-state index in [1.165, 1.54) is 6.26 Å². The average Bonchev–Trinajstić information content (AvgIpc) is 3.63. The van der Waals surface area contributed by atoms with E-state index in [-0.39, 0.29) is 11.7 Å². The second kappa shape index (κ2) is 11.4. The number of Topliss-reactive ketones (excluding diaryl/α,β-unsaturated/α-hetero) is 1. The SMILES string of the molecule is CN(C)C=C(C(=O)c1ccco1)c1ccncc1.Nc1ncc(-c2ccncc2)c(-c2ccco2)n1. The molecule has 5 aromatic rings. The molecule has 0 aromatic carbocycles. The highest BCUT2D eigenvalue weighted by molar-refractivity contribution is 6.27. The summed E-state index contributed by atoms with van der Waals surface area (Å²) in [5, 5.41) is 0. The van der Waals surface area contributed by atoms with Crippen LogP contribution in [-0.4, -0.2) is 44.7 Å². The molecule has 0 unspecified atom stereocenters. The summed E-state index contributed by atoms with van der Waals surface area (Å²) in [6.07, 6.45) is 13.3. The molecule has 180 valence electrons. The van der Waals surface area contributed by atoms with E-state index in [1.807, 2.05) is 43.3 Å². The highest BCUT2D eigenvalue weighted by atomic mass is 16.3. The van der Waals surface area contributed by atoms with E-state index < -0.39 is 0 Å². The van der Waals surface area contributed by atoms with E-state index in [9.17, 15) is 4.79 Å². The summed E-state index contributed by atoms with van der Waals surface area (Å²) in [6.45, 7) is 0. The molecule has 0 spiro atoms. The smallest absolute Gasteiger partial charge is 0.230 e. The summed E-state index contributed by atoms with van der Waals surface area (Å²) >= 11 is 0. The van der Waals surface area contributed by atoms with Crippen molar-refractivity contribution in [1.29, 1.82) is 0 Å². The summed E-state index contributed by atoms with van der Waals surface area (Å²) < 4.78 is 10.5. The molecule has 9 nitrogen and oxygen atoms in total. The predicted molar refractivity (Wildman–Crippen MR) is 136 cm³/mol. The van der Waals surface area contributed by atoms with Crippen LogP contribution >= 0.6 is 0 Å². The number of carbonyl (C=O) groups excluding carboxylic acids is 1. The molecule has 5 rings (SSSR count). The summed E-state index contributed by atoms with van der Waals surface area (Å²) in [7, 11) is 3.74. The molecule has 0 saturated heterocycles. The maximum atomic E-state index is 12.3. The number of rotatable bonds is 6. The van der Waals surface area contributed by atoms with Crippen LogP contribution in [0.15, 0.2) is 107 Å². The molecule has 2 N–H and O–H groups in total. The van der Waals surface area contributed by atoms with E-state index >= 15 is 0 Å². The molecule has 0 saturated carbocycles. The molecule has 36 heavy (non-hydrogen) atoms. The highest BCUT2D eigenvalue weighted by Gasteiger charge is 2.17. The molecule has 0 atom stereocenters. The van der Waals surface area contributed by atoms with Gasteiger partial charge in [0.05, 0.1) is 12.5 Å². The Bertz CT molecular complexity index is 1420. The lowest BCUT2D eigenvalue weighted by molar-refractivity contribution is 0.103. The van der Waals surface area contributed by atoms with Gasteiger partial charge in [-0.1, -0.05) is 0 Å². The lowest BCUT2D eigenvalue weighted by Gasteiger charge is -2.10. The number of aromatic nitrogens is 4.